The number of nitrogens with one attached hydrogen (secondary N) is 2. The maximum Gasteiger partial charge on any atom is 0.407 e. The van der Waals surface area contributed by atoms with Crippen LogP contribution in [0.15, 0.2) is 48.5 Å². The second kappa shape index (κ2) is 13.4. The number of carbonyl (C=O) groups excluding carboxylic acids is 3. The van der Waals surface area contributed by atoms with Gasteiger partial charge in [-0.2, -0.15) is 0 Å². The molecule has 10 nitrogen and oxygen atoms in total. The van der Waals surface area contributed by atoms with Gasteiger partial charge >= 0.3 is 12.1 Å². The van der Waals surface area contributed by atoms with Crippen LogP contribution >= 0.6 is 11.6 Å². The maximum atomic E-state index is 13.8. The highest BCUT2D eigenvalue weighted by Gasteiger charge is 2.32. The average molecular weight is 597 g/mol. The molecular weight excluding hydrogens is 560 g/mol. The van der Waals surface area contributed by atoms with E-state index in [-0.39, 0.29) is 29.9 Å². The van der Waals surface area contributed by atoms with Crippen LogP contribution in [-0.2, 0) is 20.8 Å². The highest BCUT2D eigenvalue weighted by molar-refractivity contribution is 6.31. The summed E-state index contributed by atoms with van der Waals surface area (Å²) < 4.78 is 15.6. The lowest BCUT2D eigenvalue weighted by Gasteiger charge is -2.37. The Bertz CT molecular complexity index is 1430. The average Bonchev–Trinajstić information content (AvgIpc) is 2.95. The van der Waals surface area contributed by atoms with E-state index in [0.29, 0.717) is 47.4 Å². The van der Waals surface area contributed by atoms with Crippen molar-refractivity contribution in [3.05, 3.63) is 70.2 Å². The summed E-state index contributed by atoms with van der Waals surface area (Å²) in [4.78, 5) is 44.9. The summed E-state index contributed by atoms with van der Waals surface area (Å²) >= 11 is 6.41. The van der Waals surface area contributed by atoms with Gasteiger partial charge in [-0.3, -0.25) is 9.69 Å². The number of hydrogen-bond donors (Lipinski definition) is 2. The third-order valence-corrected chi connectivity index (χ3v) is 7.18. The predicted octanol–water partition coefficient (Wildman–Crippen LogP) is 5.03. The van der Waals surface area contributed by atoms with E-state index >= 15 is 0 Å². The van der Waals surface area contributed by atoms with Gasteiger partial charge in [0.2, 0.25) is 11.8 Å². The van der Waals surface area contributed by atoms with Gasteiger partial charge in [-0.15, -0.1) is 0 Å². The van der Waals surface area contributed by atoms with Crippen molar-refractivity contribution in [2.24, 2.45) is 0 Å². The Labute approximate surface area is 250 Å². The summed E-state index contributed by atoms with van der Waals surface area (Å²) in [6.45, 7) is 6.87. The minimum Gasteiger partial charge on any atom is -0.480 e. The third-order valence-electron chi connectivity index (χ3n) is 6.96. The van der Waals surface area contributed by atoms with E-state index in [9.17, 15) is 14.4 Å². The highest BCUT2D eigenvalue weighted by atomic mass is 35.5. The zero-order valence-corrected chi connectivity index (χ0v) is 25.3. The van der Waals surface area contributed by atoms with Gasteiger partial charge in [0.05, 0.1) is 19.7 Å². The predicted molar refractivity (Wildman–Crippen MR) is 160 cm³/mol. The Balaban J connectivity index is 1.52. The van der Waals surface area contributed by atoms with Crippen LogP contribution < -0.4 is 15.4 Å². The maximum absolute atomic E-state index is 13.8. The Morgan fingerprint density at radius 2 is 1.76 bits per heavy atom. The van der Waals surface area contributed by atoms with Crippen molar-refractivity contribution in [1.82, 2.24) is 20.5 Å². The number of amides is 2. The molecular formula is C31H37ClN4O6. The molecule has 0 saturated carbocycles. The van der Waals surface area contributed by atoms with Crippen molar-refractivity contribution in [2.45, 2.75) is 57.8 Å². The smallest absolute Gasteiger partial charge is 0.407 e. The monoisotopic (exact) mass is 596 g/mol. The number of rotatable bonds is 8. The first kappa shape index (κ1) is 31.1. The molecule has 1 unspecified atom stereocenters. The van der Waals surface area contributed by atoms with Gasteiger partial charge in [-0.1, -0.05) is 41.9 Å². The Morgan fingerprint density at radius 3 is 2.38 bits per heavy atom. The number of alkyl carbamates (subject to hydrolysis) is 1. The topological polar surface area (TPSA) is 119 Å². The first-order valence-electron chi connectivity index (χ1n) is 13.8. The summed E-state index contributed by atoms with van der Waals surface area (Å²) in [5.74, 6) is -0.632. The van der Waals surface area contributed by atoms with Crippen LogP contribution in [0.4, 0.5) is 4.79 Å². The molecule has 2 heterocycles. The number of benzene rings is 2. The summed E-state index contributed by atoms with van der Waals surface area (Å²) in [5.41, 5.74) is 1.70. The number of carbonyl (C=O) groups is 3. The Morgan fingerprint density at radius 1 is 1.07 bits per heavy atom. The van der Waals surface area contributed by atoms with Crippen molar-refractivity contribution >= 4 is 40.5 Å². The van der Waals surface area contributed by atoms with Gasteiger partial charge in [0.25, 0.3) is 0 Å². The van der Waals surface area contributed by atoms with Crippen LogP contribution in [0.1, 0.15) is 61.1 Å². The molecule has 42 heavy (non-hydrogen) atoms. The number of pyridine rings is 1. The SMILES string of the molecule is COC(=O)c1cc2cc(Cl)cc(CNC(=O)C(c3ccccc3)N3CCC(NC(=O)OC(C)(C)C)CC3)c2nc1OC. The third kappa shape index (κ3) is 7.68. The second-order valence-electron chi connectivity index (χ2n) is 11.2. The molecule has 1 aliphatic rings. The number of piperidine rings is 1. The van der Waals surface area contributed by atoms with Crippen LogP contribution in [-0.4, -0.2) is 66.8 Å². The molecule has 4 rings (SSSR count). The van der Waals surface area contributed by atoms with Crippen LogP contribution in [0, 0.1) is 0 Å². The Kier molecular flexibility index (Phi) is 9.90. The molecule has 0 radical (unpaired) electrons. The highest BCUT2D eigenvalue weighted by Crippen LogP contribution is 2.29. The normalized spacial score (nSPS) is 15.1. The molecule has 2 N–H and O–H groups in total. The molecule has 3 aromatic rings. The van der Waals surface area contributed by atoms with Crippen molar-refractivity contribution in [2.75, 3.05) is 27.3 Å². The molecule has 1 aromatic heterocycles. The molecule has 2 aromatic carbocycles. The lowest BCUT2D eigenvalue weighted by Crippen LogP contribution is -2.49. The molecule has 0 bridgehead atoms. The van der Waals surface area contributed by atoms with E-state index in [1.165, 1.54) is 14.2 Å². The number of hydrogen-bond acceptors (Lipinski definition) is 8. The van der Waals surface area contributed by atoms with Crippen LogP contribution in [0.5, 0.6) is 5.88 Å². The first-order chi connectivity index (χ1) is 20.0. The molecule has 1 atom stereocenters. The van der Waals surface area contributed by atoms with Crippen molar-refractivity contribution in [1.29, 1.82) is 0 Å². The first-order valence-corrected chi connectivity index (χ1v) is 14.2. The number of ether oxygens (including phenoxy) is 3. The fourth-order valence-corrected chi connectivity index (χ4v) is 5.32. The zero-order chi connectivity index (χ0) is 30.4. The van der Waals surface area contributed by atoms with E-state index < -0.39 is 23.7 Å². The fraction of sp³-hybridized carbons (Fsp3) is 0.419. The molecule has 1 saturated heterocycles. The Hall–Kier alpha value is -3.89. The van der Waals surface area contributed by atoms with Gasteiger partial charge in [0, 0.05) is 36.1 Å². The van der Waals surface area contributed by atoms with Crippen LogP contribution in [0.25, 0.3) is 10.9 Å². The molecule has 1 fully saturated rings. The number of methoxy groups -OCH3 is 2. The lowest BCUT2D eigenvalue weighted by molar-refractivity contribution is -0.127. The summed E-state index contributed by atoms with van der Waals surface area (Å²) in [5, 5.41) is 7.07. The standard InChI is InChI=1S/C31H37ClN4O6/c1-31(2,3)42-30(39)34-23-11-13-36(14-12-23)26(19-9-7-6-8-10-19)27(37)33-18-21-16-22(32)15-20-17-24(29(38)41-5)28(40-4)35-25(20)21/h6-10,15-17,23,26H,11-14,18H2,1-5H3,(H,33,37)(H,34,39). The zero-order valence-electron chi connectivity index (χ0n) is 24.5. The summed E-state index contributed by atoms with van der Waals surface area (Å²) in [7, 11) is 2.71. The lowest BCUT2D eigenvalue weighted by atomic mass is 9.98. The van der Waals surface area contributed by atoms with E-state index in [1.807, 2.05) is 51.1 Å². The van der Waals surface area contributed by atoms with Gasteiger partial charge < -0.3 is 24.8 Å². The summed E-state index contributed by atoms with van der Waals surface area (Å²) in [6, 6.07) is 14.1. The largest absolute Gasteiger partial charge is 0.480 e. The van der Waals surface area contributed by atoms with E-state index in [2.05, 4.69) is 20.5 Å². The second-order valence-corrected chi connectivity index (χ2v) is 11.6. The van der Waals surface area contributed by atoms with E-state index in [1.54, 1.807) is 18.2 Å². The van der Waals surface area contributed by atoms with Gasteiger partial charge in [0.1, 0.15) is 17.2 Å². The minimum absolute atomic E-state index is 0.0376. The van der Waals surface area contributed by atoms with E-state index in [4.69, 9.17) is 25.8 Å². The molecule has 2 amide bonds. The van der Waals surface area contributed by atoms with E-state index in [0.717, 1.165) is 5.56 Å². The number of nitrogens with zero attached hydrogens (tertiary/aromatic N) is 2. The number of aromatic nitrogens is 1. The molecule has 0 spiro atoms. The van der Waals surface area contributed by atoms with Crippen molar-refractivity contribution in [3.63, 3.8) is 0 Å². The van der Waals surface area contributed by atoms with Gasteiger partial charge in [0.15, 0.2) is 0 Å². The fourth-order valence-electron chi connectivity index (χ4n) is 5.07. The minimum atomic E-state index is -0.577. The summed E-state index contributed by atoms with van der Waals surface area (Å²) in [6.07, 6.45) is 0.929. The molecule has 224 valence electrons. The number of halogens is 1. The molecule has 1 aliphatic heterocycles. The quantitative estimate of drug-likeness (QED) is 0.348. The molecule has 11 heteroatoms. The number of fused-ring (bicyclic) bond motifs is 1. The number of esters is 1. The van der Waals surface area contributed by atoms with Crippen molar-refractivity contribution < 1.29 is 28.6 Å². The van der Waals surface area contributed by atoms with Gasteiger partial charge in [-0.05, 0) is 62.9 Å². The van der Waals surface area contributed by atoms with Crippen LogP contribution in [0.3, 0.4) is 0 Å². The van der Waals surface area contributed by atoms with Gasteiger partial charge in [-0.25, -0.2) is 14.6 Å². The van der Waals surface area contributed by atoms with Crippen molar-refractivity contribution in [3.8, 4) is 5.88 Å². The number of likely N-dealkylation sites (tertiary alicyclic amines) is 1. The molecule has 0 aliphatic carbocycles. The van der Waals surface area contributed by atoms with Crippen LogP contribution in [0.2, 0.25) is 5.02 Å².